The molecule has 14 nitrogen and oxygen atoms in total. The number of hydrogen-bond donors (Lipinski definition) is 2. The van der Waals surface area contributed by atoms with E-state index in [-0.39, 0.29) is 63.4 Å². The molecule has 0 spiro atoms. The van der Waals surface area contributed by atoms with Gasteiger partial charge in [-0.2, -0.15) is 5.10 Å². The van der Waals surface area contributed by atoms with Crippen molar-refractivity contribution in [1.82, 2.24) is 39.0 Å². The highest BCUT2D eigenvalue weighted by Crippen LogP contribution is 2.33. The van der Waals surface area contributed by atoms with Gasteiger partial charge in [-0.05, 0) is 76.8 Å². The van der Waals surface area contributed by atoms with Crippen molar-refractivity contribution in [2.45, 2.75) is 33.2 Å². The first-order valence-corrected chi connectivity index (χ1v) is 19.2. The Balaban J connectivity index is 1.08. The molecule has 1 saturated heterocycles. The van der Waals surface area contributed by atoms with Crippen molar-refractivity contribution in [3.63, 3.8) is 0 Å². The molecular formula is C41H45ClF2N10O4. The number of carbonyl (C=O) groups is 4. The van der Waals surface area contributed by atoms with Crippen LogP contribution in [0.25, 0.3) is 22.4 Å². The monoisotopic (exact) mass is 814 g/mol. The SMILES string of the molecule is CCC(CCN(C)C)C(=O)N1CCN(C(=O)c2ccc(NC(=O)c3ncc(-c4ccc(-c5cn(CC(=O)Nc6cccnc6)nc5C)c(F)c4F)n3C)cc2Cl)CC1. The summed E-state index contributed by atoms with van der Waals surface area (Å²) >= 11 is 6.55. The second kappa shape index (κ2) is 18.1. The number of nitrogens with one attached hydrogen (secondary N) is 2. The van der Waals surface area contributed by atoms with Gasteiger partial charge in [-0.1, -0.05) is 24.6 Å². The molecule has 3 aromatic heterocycles. The topological polar surface area (TPSA) is 151 Å². The molecule has 0 bridgehead atoms. The van der Waals surface area contributed by atoms with Crippen molar-refractivity contribution in [3.05, 3.63) is 101 Å². The van der Waals surface area contributed by atoms with Crippen molar-refractivity contribution in [3.8, 4) is 22.4 Å². The fraction of sp³-hybridized carbons (Fsp3) is 0.341. The summed E-state index contributed by atoms with van der Waals surface area (Å²) in [5.41, 5.74) is 1.72. The molecule has 2 aromatic carbocycles. The second-order valence-electron chi connectivity index (χ2n) is 14.4. The summed E-state index contributed by atoms with van der Waals surface area (Å²) in [6.45, 7) is 5.92. The molecule has 4 heterocycles. The Morgan fingerprint density at radius 3 is 2.29 bits per heavy atom. The van der Waals surface area contributed by atoms with Crippen LogP contribution in [0.15, 0.2) is 67.3 Å². The lowest BCUT2D eigenvalue weighted by Crippen LogP contribution is -2.52. The highest BCUT2D eigenvalue weighted by molar-refractivity contribution is 6.34. The Kier molecular flexibility index (Phi) is 13.0. The van der Waals surface area contributed by atoms with Gasteiger partial charge in [0.05, 0.1) is 40.1 Å². The van der Waals surface area contributed by atoms with Gasteiger partial charge in [-0.3, -0.25) is 28.8 Å². The van der Waals surface area contributed by atoms with Gasteiger partial charge in [-0.25, -0.2) is 13.8 Å². The second-order valence-corrected chi connectivity index (χ2v) is 14.8. The quantitative estimate of drug-likeness (QED) is 0.153. The first kappa shape index (κ1) is 41.6. The maximum atomic E-state index is 15.7. The van der Waals surface area contributed by atoms with Gasteiger partial charge in [-0.15, -0.1) is 0 Å². The molecule has 0 aliphatic carbocycles. The minimum Gasteiger partial charge on any atom is -0.339 e. The number of hydrogen-bond acceptors (Lipinski definition) is 8. The molecule has 4 amide bonds. The number of imidazole rings is 1. The number of aryl methyl sites for hydroxylation is 1. The number of benzene rings is 2. The van der Waals surface area contributed by atoms with E-state index >= 15 is 8.78 Å². The minimum atomic E-state index is -1.15. The summed E-state index contributed by atoms with van der Waals surface area (Å²) in [5.74, 6) is -3.62. The number of amides is 4. The van der Waals surface area contributed by atoms with Crippen molar-refractivity contribution in [2.75, 3.05) is 57.5 Å². The normalized spacial score (nSPS) is 13.5. The maximum Gasteiger partial charge on any atom is 0.291 e. The van der Waals surface area contributed by atoms with Crippen molar-refractivity contribution in [2.24, 2.45) is 13.0 Å². The van der Waals surface area contributed by atoms with E-state index in [0.29, 0.717) is 48.8 Å². The number of piperazine rings is 1. The van der Waals surface area contributed by atoms with E-state index < -0.39 is 17.5 Å². The standard InChI is InChI=1S/C41H45ClF2N10O4/c1-6-26(13-15-50(3)4)40(57)52-16-18-53(19-17-52)41(58)30-10-9-27(20-33(30)42)48-39(56)38-46-22-34(51(38)5)31-12-11-29(36(43)37(31)44)32-23-54(49-25(32)2)24-35(55)47-28-8-7-14-45-21-28/h7-12,14,20-23,26H,6,13,15-19,24H2,1-5H3,(H,47,55)(H,48,56). The molecule has 1 fully saturated rings. The fourth-order valence-electron chi connectivity index (χ4n) is 6.90. The number of anilines is 2. The lowest BCUT2D eigenvalue weighted by molar-refractivity contribution is -0.137. The van der Waals surface area contributed by atoms with Crippen LogP contribution in [0.2, 0.25) is 5.02 Å². The third kappa shape index (κ3) is 9.24. The summed E-state index contributed by atoms with van der Waals surface area (Å²) in [7, 11) is 5.47. The highest BCUT2D eigenvalue weighted by atomic mass is 35.5. The molecule has 58 heavy (non-hydrogen) atoms. The van der Waals surface area contributed by atoms with E-state index in [0.717, 1.165) is 19.4 Å². The Hall–Kier alpha value is -6.00. The van der Waals surface area contributed by atoms with Crippen LogP contribution < -0.4 is 10.6 Å². The number of halogens is 3. The molecule has 2 N–H and O–H groups in total. The zero-order valence-electron chi connectivity index (χ0n) is 32.9. The van der Waals surface area contributed by atoms with Gasteiger partial charge in [0.2, 0.25) is 11.8 Å². The average Bonchev–Trinajstić information content (AvgIpc) is 3.76. The van der Waals surface area contributed by atoms with Gasteiger partial charge in [0.15, 0.2) is 17.5 Å². The third-order valence-corrected chi connectivity index (χ3v) is 10.5. The molecule has 1 aliphatic rings. The molecule has 0 saturated carbocycles. The molecule has 17 heteroatoms. The molecule has 0 radical (unpaired) electrons. The summed E-state index contributed by atoms with van der Waals surface area (Å²) < 4.78 is 34.1. The predicted molar refractivity (Wildman–Crippen MR) is 216 cm³/mol. The summed E-state index contributed by atoms with van der Waals surface area (Å²) in [6.07, 6.45) is 7.36. The van der Waals surface area contributed by atoms with Crippen LogP contribution in [-0.2, 0) is 23.2 Å². The van der Waals surface area contributed by atoms with E-state index in [9.17, 15) is 19.2 Å². The number of aromatic nitrogens is 5. The number of pyridine rings is 1. The van der Waals surface area contributed by atoms with Crippen LogP contribution in [0.3, 0.4) is 0 Å². The molecule has 1 aliphatic heterocycles. The zero-order chi connectivity index (χ0) is 41.7. The van der Waals surface area contributed by atoms with Gasteiger partial charge < -0.3 is 29.9 Å². The maximum absolute atomic E-state index is 15.7. The molecule has 1 atom stereocenters. The zero-order valence-corrected chi connectivity index (χ0v) is 33.7. The van der Waals surface area contributed by atoms with Gasteiger partial charge in [0, 0.05) is 73.9 Å². The lowest BCUT2D eigenvalue weighted by atomic mass is 10.00. The molecule has 304 valence electrons. The van der Waals surface area contributed by atoms with Crippen LogP contribution in [0.1, 0.15) is 46.4 Å². The Bertz CT molecular complexity index is 2320. The average molecular weight is 815 g/mol. The first-order chi connectivity index (χ1) is 27.7. The summed E-state index contributed by atoms with van der Waals surface area (Å²) in [6, 6.07) is 10.7. The number of nitrogens with zero attached hydrogens (tertiary/aromatic N) is 8. The van der Waals surface area contributed by atoms with Crippen LogP contribution >= 0.6 is 11.6 Å². The van der Waals surface area contributed by atoms with Crippen molar-refractivity contribution < 1.29 is 28.0 Å². The van der Waals surface area contributed by atoms with E-state index in [1.54, 1.807) is 36.2 Å². The molecule has 1 unspecified atom stereocenters. The Morgan fingerprint density at radius 1 is 0.914 bits per heavy atom. The number of carbonyl (C=O) groups excluding carboxylic acids is 4. The largest absolute Gasteiger partial charge is 0.339 e. The van der Waals surface area contributed by atoms with Gasteiger partial charge in [0.1, 0.15) is 6.54 Å². The van der Waals surface area contributed by atoms with Gasteiger partial charge >= 0.3 is 0 Å². The van der Waals surface area contributed by atoms with Crippen LogP contribution in [0, 0.1) is 24.5 Å². The Labute approximate surface area is 339 Å². The summed E-state index contributed by atoms with van der Waals surface area (Å²) in [5, 5.41) is 9.84. The highest BCUT2D eigenvalue weighted by Gasteiger charge is 2.30. The van der Waals surface area contributed by atoms with Crippen LogP contribution in [-0.4, -0.2) is 109 Å². The van der Waals surface area contributed by atoms with Crippen molar-refractivity contribution in [1.29, 1.82) is 0 Å². The minimum absolute atomic E-state index is 0.0507. The van der Waals surface area contributed by atoms with E-state index in [1.807, 2.05) is 25.9 Å². The number of rotatable bonds is 13. The summed E-state index contributed by atoms with van der Waals surface area (Å²) in [4.78, 5) is 66.1. The van der Waals surface area contributed by atoms with E-state index in [2.05, 4.69) is 30.6 Å². The first-order valence-electron chi connectivity index (χ1n) is 18.8. The lowest BCUT2D eigenvalue weighted by Gasteiger charge is -2.36. The van der Waals surface area contributed by atoms with Gasteiger partial charge in [0.25, 0.3) is 11.8 Å². The predicted octanol–water partition coefficient (Wildman–Crippen LogP) is 5.74. The van der Waals surface area contributed by atoms with E-state index in [1.165, 1.54) is 59.2 Å². The van der Waals surface area contributed by atoms with E-state index in [4.69, 9.17) is 11.6 Å². The molecular weight excluding hydrogens is 770 g/mol. The molecule has 6 rings (SSSR count). The Morgan fingerprint density at radius 2 is 1.62 bits per heavy atom. The van der Waals surface area contributed by atoms with Crippen molar-refractivity contribution >= 4 is 46.6 Å². The third-order valence-electron chi connectivity index (χ3n) is 10.1. The van der Waals surface area contributed by atoms with Crippen LogP contribution in [0.5, 0.6) is 0 Å². The smallest absolute Gasteiger partial charge is 0.291 e. The molecule has 5 aromatic rings. The fourth-order valence-corrected chi connectivity index (χ4v) is 7.16. The van der Waals surface area contributed by atoms with Crippen LogP contribution in [0.4, 0.5) is 20.2 Å².